The SMILES string of the molecule is CCN1CCOC(CNC(=O)c2ccc(Br)cc2F)C1. The first-order valence-corrected chi connectivity index (χ1v) is 7.46. The van der Waals surface area contributed by atoms with Gasteiger partial charge in [0.25, 0.3) is 5.91 Å². The highest BCUT2D eigenvalue weighted by Gasteiger charge is 2.20. The number of carbonyl (C=O) groups excluding carboxylic acids is 1. The lowest BCUT2D eigenvalue weighted by atomic mass is 10.2. The minimum Gasteiger partial charge on any atom is -0.374 e. The second-order valence-corrected chi connectivity index (χ2v) is 5.64. The van der Waals surface area contributed by atoms with E-state index in [1.165, 1.54) is 12.1 Å². The zero-order chi connectivity index (χ0) is 14.5. The largest absolute Gasteiger partial charge is 0.374 e. The molecule has 0 aromatic heterocycles. The van der Waals surface area contributed by atoms with Crippen molar-refractivity contribution in [1.29, 1.82) is 0 Å². The number of nitrogens with one attached hydrogen (secondary N) is 1. The summed E-state index contributed by atoms with van der Waals surface area (Å²) in [5, 5.41) is 2.73. The average molecular weight is 345 g/mol. The fourth-order valence-electron chi connectivity index (χ4n) is 2.17. The molecule has 1 amide bonds. The molecule has 1 aromatic rings. The standard InChI is InChI=1S/C14H18BrFN2O2/c1-2-18-5-6-20-11(9-18)8-17-14(19)12-4-3-10(15)7-13(12)16/h3-4,7,11H,2,5-6,8-9H2,1H3,(H,17,19). The Morgan fingerprint density at radius 3 is 3.10 bits per heavy atom. The molecule has 1 saturated heterocycles. The Kier molecular flexibility index (Phi) is 5.51. The molecule has 0 saturated carbocycles. The van der Waals surface area contributed by atoms with E-state index in [1.807, 2.05) is 0 Å². The number of rotatable bonds is 4. The molecular formula is C14H18BrFN2O2. The summed E-state index contributed by atoms with van der Waals surface area (Å²) in [7, 11) is 0. The lowest BCUT2D eigenvalue weighted by Gasteiger charge is -2.32. The quantitative estimate of drug-likeness (QED) is 0.908. The van der Waals surface area contributed by atoms with Crippen LogP contribution in [0.25, 0.3) is 0 Å². The summed E-state index contributed by atoms with van der Waals surface area (Å²) in [6, 6.07) is 4.40. The summed E-state index contributed by atoms with van der Waals surface area (Å²) >= 11 is 3.16. The molecule has 2 rings (SSSR count). The van der Waals surface area contributed by atoms with Crippen LogP contribution in [-0.2, 0) is 4.74 Å². The lowest BCUT2D eigenvalue weighted by molar-refractivity contribution is -0.0246. The topological polar surface area (TPSA) is 41.6 Å². The number of morpholine rings is 1. The third-order valence-electron chi connectivity index (χ3n) is 3.34. The third-order valence-corrected chi connectivity index (χ3v) is 3.83. The minimum absolute atomic E-state index is 0.0360. The van der Waals surface area contributed by atoms with E-state index < -0.39 is 11.7 Å². The molecule has 0 spiro atoms. The number of halogens is 2. The second-order valence-electron chi connectivity index (χ2n) is 4.72. The van der Waals surface area contributed by atoms with Crippen LogP contribution in [0, 0.1) is 5.82 Å². The zero-order valence-corrected chi connectivity index (χ0v) is 13.0. The Labute approximate surface area is 126 Å². The van der Waals surface area contributed by atoms with Crippen molar-refractivity contribution in [2.75, 3.05) is 32.8 Å². The predicted octanol–water partition coefficient (Wildman–Crippen LogP) is 2.04. The summed E-state index contributed by atoms with van der Waals surface area (Å²) in [5.41, 5.74) is 0.0522. The molecule has 110 valence electrons. The zero-order valence-electron chi connectivity index (χ0n) is 11.4. The molecule has 0 aliphatic carbocycles. The molecule has 1 unspecified atom stereocenters. The van der Waals surface area contributed by atoms with Crippen LogP contribution in [0.2, 0.25) is 0 Å². The van der Waals surface area contributed by atoms with Gasteiger partial charge in [-0.2, -0.15) is 0 Å². The van der Waals surface area contributed by atoms with Crippen LogP contribution in [0.3, 0.4) is 0 Å². The number of carbonyl (C=O) groups is 1. The van der Waals surface area contributed by atoms with E-state index in [2.05, 4.69) is 33.1 Å². The van der Waals surface area contributed by atoms with Gasteiger partial charge in [0.05, 0.1) is 18.3 Å². The maximum atomic E-state index is 13.7. The van der Waals surface area contributed by atoms with Crippen molar-refractivity contribution < 1.29 is 13.9 Å². The number of ether oxygens (including phenoxy) is 1. The Bertz CT molecular complexity index is 484. The summed E-state index contributed by atoms with van der Waals surface area (Å²) in [5.74, 6) is -0.941. The van der Waals surface area contributed by atoms with Crippen molar-refractivity contribution in [2.24, 2.45) is 0 Å². The minimum atomic E-state index is -0.531. The molecule has 0 bridgehead atoms. The number of benzene rings is 1. The van der Waals surface area contributed by atoms with E-state index in [4.69, 9.17) is 4.74 Å². The Morgan fingerprint density at radius 2 is 2.40 bits per heavy atom. The van der Waals surface area contributed by atoms with Gasteiger partial charge in [-0.25, -0.2) is 4.39 Å². The highest BCUT2D eigenvalue weighted by Crippen LogP contribution is 2.15. The van der Waals surface area contributed by atoms with Crippen molar-refractivity contribution >= 4 is 21.8 Å². The van der Waals surface area contributed by atoms with Gasteiger partial charge in [-0.15, -0.1) is 0 Å². The smallest absolute Gasteiger partial charge is 0.254 e. The predicted molar refractivity (Wildman–Crippen MR) is 78.3 cm³/mol. The highest BCUT2D eigenvalue weighted by atomic mass is 79.9. The first-order chi connectivity index (χ1) is 9.60. The van der Waals surface area contributed by atoms with Crippen molar-refractivity contribution in [2.45, 2.75) is 13.0 Å². The molecule has 1 N–H and O–H groups in total. The molecule has 1 aromatic carbocycles. The van der Waals surface area contributed by atoms with Gasteiger partial charge in [0.15, 0.2) is 0 Å². The van der Waals surface area contributed by atoms with Crippen LogP contribution in [0.1, 0.15) is 17.3 Å². The molecular weight excluding hydrogens is 327 g/mol. The molecule has 1 atom stereocenters. The van der Waals surface area contributed by atoms with Gasteiger partial charge in [-0.1, -0.05) is 22.9 Å². The van der Waals surface area contributed by atoms with E-state index in [0.29, 0.717) is 17.6 Å². The second kappa shape index (κ2) is 7.15. The number of likely N-dealkylation sites (N-methyl/N-ethyl adjacent to an activating group) is 1. The summed E-state index contributed by atoms with van der Waals surface area (Å²) in [4.78, 5) is 14.2. The Morgan fingerprint density at radius 1 is 1.60 bits per heavy atom. The highest BCUT2D eigenvalue weighted by molar-refractivity contribution is 9.10. The molecule has 0 radical (unpaired) electrons. The van der Waals surface area contributed by atoms with E-state index in [0.717, 1.165) is 19.6 Å². The van der Waals surface area contributed by atoms with Gasteiger partial charge in [-0.3, -0.25) is 9.69 Å². The van der Waals surface area contributed by atoms with Gasteiger partial charge in [0.1, 0.15) is 5.82 Å². The average Bonchev–Trinajstić information content (AvgIpc) is 2.45. The first kappa shape index (κ1) is 15.4. The normalized spacial score (nSPS) is 19.9. The fraction of sp³-hybridized carbons (Fsp3) is 0.500. The summed E-state index contributed by atoms with van der Waals surface area (Å²) < 4.78 is 19.9. The van der Waals surface area contributed by atoms with Crippen LogP contribution in [0.4, 0.5) is 4.39 Å². The van der Waals surface area contributed by atoms with Gasteiger partial charge < -0.3 is 10.1 Å². The monoisotopic (exact) mass is 344 g/mol. The maximum Gasteiger partial charge on any atom is 0.254 e. The van der Waals surface area contributed by atoms with Crippen molar-refractivity contribution in [3.63, 3.8) is 0 Å². The van der Waals surface area contributed by atoms with Gasteiger partial charge >= 0.3 is 0 Å². The van der Waals surface area contributed by atoms with E-state index in [1.54, 1.807) is 6.07 Å². The first-order valence-electron chi connectivity index (χ1n) is 6.67. The van der Waals surface area contributed by atoms with Gasteiger partial charge in [0.2, 0.25) is 0 Å². The lowest BCUT2D eigenvalue weighted by Crippen LogP contribution is -2.47. The molecule has 4 nitrogen and oxygen atoms in total. The van der Waals surface area contributed by atoms with Crippen LogP contribution < -0.4 is 5.32 Å². The molecule has 20 heavy (non-hydrogen) atoms. The van der Waals surface area contributed by atoms with Crippen molar-refractivity contribution in [3.05, 3.63) is 34.1 Å². The van der Waals surface area contributed by atoms with Crippen LogP contribution in [0.15, 0.2) is 22.7 Å². The maximum absolute atomic E-state index is 13.7. The summed E-state index contributed by atoms with van der Waals surface area (Å²) in [6.07, 6.45) is -0.0360. The van der Waals surface area contributed by atoms with Crippen LogP contribution in [0.5, 0.6) is 0 Å². The Balaban J connectivity index is 1.88. The number of amides is 1. The molecule has 1 heterocycles. The van der Waals surface area contributed by atoms with Gasteiger partial charge in [0, 0.05) is 24.1 Å². The summed E-state index contributed by atoms with van der Waals surface area (Å²) in [6.45, 7) is 5.83. The molecule has 1 aliphatic rings. The molecule has 1 fully saturated rings. The number of hydrogen-bond acceptors (Lipinski definition) is 3. The molecule has 1 aliphatic heterocycles. The van der Waals surface area contributed by atoms with Crippen LogP contribution >= 0.6 is 15.9 Å². The third kappa shape index (κ3) is 4.01. The number of hydrogen-bond donors (Lipinski definition) is 1. The van der Waals surface area contributed by atoms with E-state index in [-0.39, 0.29) is 11.7 Å². The van der Waals surface area contributed by atoms with E-state index >= 15 is 0 Å². The fourth-order valence-corrected chi connectivity index (χ4v) is 2.50. The van der Waals surface area contributed by atoms with Crippen molar-refractivity contribution in [3.8, 4) is 0 Å². The van der Waals surface area contributed by atoms with E-state index in [9.17, 15) is 9.18 Å². The Hall–Kier alpha value is -0.980. The van der Waals surface area contributed by atoms with Crippen molar-refractivity contribution in [1.82, 2.24) is 10.2 Å². The van der Waals surface area contributed by atoms with Crippen LogP contribution in [-0.4, -0.2) is 49.7 Å². The number of nitrogens with zero attached hydrogens (tertiary/aromatic N) is 1. The molecule has 6 heteroatoms. The van der Waals surface area contributed by atoms with Gasteiger partial charge in [-0.05, 0) is 24.7 Å².